The van der Waals surface area contributed by atoms with E-state index in [0.29, 0.717) is 0 Å². The van der Waals surface area contributed by atoms with Crippen LogP contribution in [0.2, 0.25) is 25.7 Å². The van der Waals surface area contributed by atoms with Gasteiger partial charge in [-0.25, -0.2) is 4.79 Å². The first kappa shape index (κ1) is 21.5. The summed E-state index contributed by atoms with van der Waals surface area (Å²) in [4.78, 5) is 58.6. The molecule has 0 saturated heterocycles. The Balaban J connectivity index is 2.62. The topological polar surface area (TPSA) is 130 Å². The molecule has 0 aromatic rings. The summed E-state index contributed by atoms with van der Waals surface area (Å²) in [5.74, 6) is -3.83. The highest BCUT2D eigenvalue weighted by atomic mass is 28.3. The highest BCUT2D eigenvalue weighted by molar-refractivity contribution is 6.76. The third-order valence-corrected chi connectivity index (χ3v) is 5.27. The molecule has 0 saturated carbocycles. The molecule has 1 rings (SSSR count). The fourth-order valence-corrected chi connectivity index (χ4v) is 2.76. The van der Waals surface area contributed by atoms with Crippen LogP contribution in [0.25, 0.3) is 0 Å². The van der Waals surface area contributed by atoms with Gasteiger partial charge in [-0.05, 0) is 12.5 Å². The fraction of sp³-hybridized carbons (Fsp3) is 0.562. The summed E-state index contributed by atoms with van der Waals surface area (Å²) >= 11 is 0. The van der Waals surface area contributed by atoms with Crippen molar-refractivity contribution in [2.24, 2.45) is 0 Å². The number of imide groups is 1. The van der Waals surface area contributed by atoms with Gasteiger partial charge in [0.25, 0.3) is 11.8 Å². The summed E-state index contributed by atoms with van der Waals surface area (Å²) < 4.78 is 5.15. The number of amides is 3. The Labute approximate surface area is 152 Å². The number of ether oxygens (including phenoxy) is 1. The predicted octanol–water partition coefficient (Wildman–Crippen LogP) is 0.142. The first-order chi connectivity index (χ1) is 12.0. The van der Waals surface area contributed by atoms with Gasteiger partial charge in [0.05, 0.1) is 6.61 Å². The Morgan fingerprint density at radius 3 is 2.27 bits per heavy atom. The van der Waals surface area contributed by atoms with Gasteiger partial charge in [-0.1, -0.05) is 19.6 Å². The Morgan fingerprint density at radius 1 is 1.19 bits per heavy atom. The highest BCUT2D eigenvalue weighted by Gasteiger charge is 2.29. The second kappa shape index (κ2) is 9.27. The first-order valence-corrected chi connectivity index (χ1v) is 11.9. The van der Waals surface area contributed by atoms with Crippen molar-refractivity contribution in [1.82, 2.24) is 10.2 Å². The molecule has 0 aliphatic carbocycles. The molecular formula is C16H24N2O7Si. The smallest absolute Gasteiger partial charge is 0.328 e. The molecule has 0 aromatic heterocycles. The average molecular weight is 384 g/mol. The van der Waals surface area contributed by atoms with Crippen molar-refractivity contribution in [3.63, 3.8) is 0 Å². The number of carboxylic acids is 1. The molecule has 2 N–H and O–H groups in total. The van der Waals surface area contributed by atoms with E-state index in [2.05, 4.69) is 25.0 Å². The van der Waals surface area contributed by atoms with Gasteiger partial charge < -0.3 is 15.2 Å². The molecule has 0 bridgehead atoms. The standard InChI is InChI=1S/C16H24N2O7Si/c1-26(2,3)9-8-25-16(24)11(4-7-15(22)23)17-12(19)10-18-13(20)5-6-14(18)21/h5-6,11H,4,7-10H2,1-3H3,(H,17,19)(H,22,23)/t11-/m0/s1. The summed E-state index contributed by atoms with van der Waals surface area (Å²) in [5.41, 5.74) is 0. The molecule has 0 aromatic carbocycles. The van der Waals surface area contributed by atoms with Gasteiger partial charge in [-0.15, -0.1) is 0 Å². The summed E-state index contributed by atoms with van der Waals surface area (Å²) in [7, 11) is -1.41. The van der Waals surface area contributed by atoms with Crippen LogP contribution in [0.3, 0.4) is 0 Å². The lowest BCUT2D eigenvalue weighted by Gasteiger charge is -2.20. The zero-order valence-corrected chi connectivity index (χ0v) is 16.1. The summed E-state index contributed by atoms with van der Waals surface area (Å²) in [5, 5.41) is 11.1. The number of nitrogens with zero attached hydrogens (tertiary/aromatic N) is 1. The summed E-state index contributed by atoms with van der Waals surface area (Å²) in [6.07, 6.45) is 1.61. The van der Waals surface area contributed by atoms with Crippen LogP contribution >= 0.6 is 0 Å². The molecule has 9 nitrogen and oxygen atoms in total. The van der Waals surface area contributed by atoms with E-state index in [1.165, 1.54) is 0 Å². The minimum atomic E-state index is -1.41. The molecule has 1 heterocycles. The van der Waals surface area contributed by atoms with Crippen LogP contribution in [0.5, 0.6) is 0 Å². The lowest BCUT2D eigenvalue weighted by Crippen LogP contribution is -2.47. The number of carbonyl (C=O) groups excluding carboxylic acids is 4. The van der Waals surface area contributed by atoms with Crippen molar-refractivity contribution in [2.45, 2.75) is 44.6 Å². The second-order valence-electron chi connectivity index (χ2n) is 7.13. The zero-order chi connectivity index (χ0) is 19.9. The van der Waals surface area contributed by atoms with E-state index in [0.717, 1.165) is 23.1 Å². The van der Waals surface area contributed by atoms with Crippen LogP contribution in [0.1, 0.15) is 12.8 Å². The predicted molar refractivity (Wildman–Crippen MR) is 93.8 cm³/mol. The van der Waals surface area contributed by atoms with Crippen molar-refractivity contribution in [2.75, 3.05) is 13.2 Å². The van der Waals surface area contributed by atoms with E-state index >= 15 is 0 Å². The van der Waals surface area contributed by atoms with Crippen molar-refractivity contribution in [1.29, 1.82) is 0 Å². The van der Waals surface area contributed by atoms with E-state index in [-0.39, 0.29) is 19.4 Å². The fourth-order valence-electron chi connectivity index (χ4n) is 2.05. The largest absolute Gasteiger partial charge is 0.481 e. The number of rotatable bonds is 10. The second-order valence-corrected chi connectivity index (χ2v) is 12.7. The number of carbonyl (C=O) groups is 5. The summed E-state index contributed by atoms with van der Waals surface area (Å²) in [6.45, 7) is 5.99. The minimum Gasteiger partial charge on any atom is -0.481 e. The molecule has 144 valence electrons. The Morgan fingerprint density at radius 2 is 1.77 bits per heavy atom. The van der Waals surface area contributed by atoms with E-state index in [1.54, 1.807) is 0 Å². The molecule has 0 fully saturated rings. The Bertz CT molecular complexity index is 607. The van der Waals surface area contributed by atoms with E-state index in [9.17, 15) is 24.0 Å². The Kier molecular flexibility index (Phi) is 7.69. The van der Waals surface area contributed by atoms with Crippen LogP contribution in [0.4, 0.5) is 0 Å². The van der Waals surface area contributed by atoms with Crippen LogP contribution in [0.15, 0.2) is 12.2 Å². The Hall–Kier alpha value is -2.49. The van der Waals surface area contributed by atoms with Crippen molar-refractivity contribution < 1.29 is 33.8 Å². The SMILES string of the molecule is C[Si](C)(C)CCOC(=O)[C@H](CCC(=O)O)NC(=O)CN1C(=O)C=CC1=O. The van der Waals surface area contributed by atoms with E-state index < -0.39 is 50.3 Å². The van der Waals surface area contributed by atoms with E-state index in [4.69, 9.17) is 9.84 Å². The number of esters is 1. The lowest BCUT2D eigenvalue weighted by molar-refractivity contribution is -0.148. The van der Waals surface area contributed by atoms with Crippen LogP contribution < -0.4 is 5.32 Å². The van der Waals surface area contributed by atoms with Gasteiger partial charge in [-0.3, -0.25) is 24.1 Å². The van der Waals surface area contributed by atoms with Gasteiger partial charge >= 0.3 is 11.9 Å². The average Bonchev–Trinajstić information content (AvgIpc) is 2.81. The monoisotopic (exact) mass is 384 g/mol. The van der Waals surface area contributed by atoms with Gasteiger partial charge in [0.15, 0.2) is 0 Å². The highest BCUT2D eigenvalue weighted by Crippen LogP contribution is 2.09. The number of aliphatic carboxylic acids is 1. The van der Waals surface area contributed by atoms with Crippen molar-refractivity contribution >= 4 is 37.7 Å². The molecular weight excluding hydrogens is 360 g/mol. The molecule has 1 aliphatic rings. The quantitative estimate of drug-likeness (QED) is 0.311. The maximum atomic E-state index is 12.2. The molecule has 26 heavy (non-hydrogen) atoms. The third kappa shape index (κ3) is 7.60. The summed E-state index contributed by atoms with van der Waals surface area (Å²) in [6, 6.07) is -0.415. The van der Waals surface area contributed by atoms with Gasteiger partial charge in [0, 0.05) is 26.6 Å². The minimum absolute atomic E-state index is 0.146. The maximum absolute atomic E-state index is 12.2. The zero-order valence-electron chi connectivity index (χ0n) is 15.1. The number of hydrogen-bond acceptors (Lipinski definition) is 6. The van der Waals surface area contributed by atoms with Crippen molar-refractivity contribution in [3.8, 4) is 0 Å². The van der Waals surface area contributed by atoms with Gasteiger partial charge in [-0.2, -0.15) is 0 Å². The normalized spacial score (nSPS) is 15.1. The van der Waals surface area contributed by atoms with Crippen LogP contribution in [-0.4, -0.2) is 66.9 Å². The van der Waals surface area contributed by atoms with Crippen LogP contribution in [0, 0.1) is 0 Å². The number of nitrogens with one attached hydrogen (secondary N) is 1. The molecule has 0 spiro atoms. The molecule has 1 aliphatic heterocycles. The third-order valence-electron chi connectivity index (χ3n) is 3.57. The van der Waals surface area contributed by atoms with E-state index in [1.807, 2.05) is 0 Å². The number of hydrogen-bond donors (Lipinski definition) is 2. The molecule has 1 atom stereocenters. The first-order valence-electron chi connectivity index (χ1n) is 8.21. The molecule has 10 heteroatoms. The molecule has 0 radical (unpaired) electrons. The van der Waals surface area contributed by atoms with Crippen molar-refractivity contribution in [3.05, 3.63) is 12.2 Å². The number of carboxylic acid groups (broad SMARTS) is 1. The maximum Gasteiger partial charge on any atom is 0.328 e. The van der Waals surface area contributed by atoms with Gasteiger partial charge in [0.1, 0.15) is 12.6 Å². The van der Waals surface area contributed by atoms with Gasteiger partial charge in [0.2, 0.25) is 5.91 Å². The molecule has 3 amide bonds. The lowest BCUT2D eigenvalue weighted by atomic mass is 10.1. The van der Waals surface area contributed by atoms with Crippen LogP contribution in [-0.2, 0) is 28.7 Å². The molecule has 0 unspecified atom stereocenters.